The van der Waals surface area contributed by atoms with Crippen LogP contribution < -0.4 is 5.32 Å². The Bertz CT molecular complexity index is 1120. The maximum Gasteiger partial charge on any atom is 0.330 e. The van der Waals surface area contributed by atoms with Crippen molar-refractivity contribution in [3.63, 3.8) is 0 Å². The van der Waals surface area contributed by atoms with Crippen LogP contribution in [0.5, 0.6) is 0 Å². The topological polar surface area (TPSA) is 55.4 Å². The van der Waals surface area contributed by atoms with Gasteiger partial charge in [0.05, 0.1) is 13.0 Å². The van der Waals surface area contributed by atoms with Crippen LogP contribution in [-0.2, 0) is 33.6 Å². The number of esters is 1. The average Bonchev–Trinajstić information content (AvgIpc) is 2.89. The number of nitrogens with one attached hydrogen (secondary N) is 1. The average molecular weight is 484 g/mol. The Hall–Kier alpha value is -3.66. The lowest BCUT2D eigenvalue weighted by Gasteiger charge is -2.14. The smallest absolute Gasteiger partial charge is 0.330 e. The lowest BCUT2D eigenvalue weighted by atomic mass is 9.91. The van der Waals surface area contributed by atoms with E-state index >= 15 is 0 Å². The molecule has 36 heavy (non-hydrogen) atoms. The molecule has 4 nitrogen and oxygen atoms in total. The molecule has 0 aliphatic heterocycles. The summed E-state index contributed by atoms with van der Waals surface area (Å²) in [6.45, 7) is 5.25. The summed E-state index contributed by atoms with van der Waals surface area (Å²) in [7, 11) is 0. The molecule has 0 aliphatic carbocycles. The van der Waals surface area contributed by atoms with E-state index in [1.54, 1.807) is 6.08 Å². The van der Waals surface area contributed by atoms with E-state index in [2.05, 4.69) is 55.6 Å². The third kappa shape index (κ3) is 9.18. The largest absolute Gasteiger partial charge is 0.463 e. The third-order valence-electron chi connectivity index (χ3n) is 6.26. The summed E-state index contributed by atoms with van der Waals surface area (Å²) in [6.07, 6.45) is 7.29. The number of aryl methyl sites for hydroxylation is 1. The summed E-state index contributed by atoms with van der Waals surface area (Å²) < 4.78 is 5.27. The highest BCUT2D eigenvalue weighted by Crippen LogP contribution is 2.23. The van der Waals surface area contributed by atoms with Crippen LogP contribution in [0.3, 0.4) is 0 Å². The summed E-state index contributed by atoms with van der Waals surface area (Å²) in [5.74, 6) is -0.211. The predicted molar refractivity (Wildman–Crippen MR) is 146 cm³/mol. The first-order valence-corrected chi connectivity index (χ1v) is 12.8. The summed E-state index contributed by atoms with van der Waals surface area (Å²) in [4.78, 5) is 24.5. The second-order valence-electron chi connectivity index (χ2n) is 9.12. The van der Waals surface area contributed by atoms with Crippen molar-refractivity contribution in [3.05, 3.63) is 119 Å². The minimum absolute atomic E-state index is 0.0306. The van der Waals surface area contributed by atoms with Gasteiger partial charge in [-0.3, -0.25) is 4.79 Å². The van der Waals surface area contributed by atoms with Gasteiger partial charge < -0.3 is 10.1 Å². The van der Waals surface area contributed by atoms with E-state index < -0.39 is 0 Å². The molecule has 0 spiro atoms. The van der Waals surface area contributed by atoms with Crippen molar-refractivity contribution < 1.29 is 14.3 Å². The normalized spacial score (nSPS) is 11.8. The third-order valence-corrected chi connectivity index (χ3v) is 6.26. The predicted octanol–water partition coefficient (Wildman–Crippen LogP) is 6.12. The summed E-state index contributed by atoms with van der Waals surface area (Å²) in [6, 6.07) is 26.6. The number of ether oxygens (including phenoxy) is 1. The van der Waals surface area contributed by atoms with E-state index in [1.165, 1.54) is 11.1 Å². The van der Waals surface area contributed by atoms with Crippen molar-refractivity contribution in [2.45, 2.75) is 51.9 Å². The van der Waals surface area contributed by atoms with Crippen LogP contribution >= 0.6 is 0 Å². The van der Waals surface area contributed by atoms with E-state index in [-0.39, 0.29) is 17.8 Å². The number of benzene rings is 3. The Kier molecular flexibility index (Phi) is 11.0. The zero-order valence-electron chi connectivity index (χ0n) is 21.4. The molecule has 0 radical (unpaired) electrons. The van der Waals surface area contributed by atoms with Gasteiger partial charge in [0, 0.05) is 18.5 Å². The van der Waals surface area contributed by atoms with Crippen LogP contribution in [0.15, 0.2) is 91.0 Å². The number of rotatable bonds is 13. The first-order chi connectivity index (χ1) is 17.5. The molecule has 188 valence electrons. The van der Waals surface area contributed by atoms with Crippen LogP contribution in [0.2, 0.25) is 0 Å². The van der Waals surface area contributed by atoms with Gasteiger partial charge in [-0.2, -0.15) is 0 Å². The van der Waals surface area contributed by atoms with Crippen molar-refractivity contribution in [1.82, 2.24) is 5.32 Å². The van der Waals surface area contributed by atoms with E-state index in [0.29, 0.717) is 19.6 Å². The van der Waals surface area contributed by atoms with Crippen LogP contribution in [0.4, 0.5) is 0 Å². The second-order valence-corrected chi connectivity index (χ2v) is 9.12. The quantitative estimate of drug-likeness (QED) is 0.181. The summed E-state index contributed by atoms with van der Waals surface area (Å²) in [5.41, 5.74) is 5.79. The van der Waals surface area contributed by atoms with E-state index in [9.17, 15) is 9.59 Å². The summed E-state index contributed by atoms with van der Waals surface area (Å²) in [5, 5.41) is 3.03. The number of unbranched alkanes of at least 4 members (excludes halogenated alkanes) is 1. The SMILES string of the molecule is CCCCOC(=O)/C=C/C(Cc1ccc(CC(=O)NCCc2ccccc2C)cc1)c1ccccc1. The highest BCUT2D eigenvalue weighted by atomic mass is 16.5. The molecule has 0 heterocycles. The maximum absolute atomic E-state index is 12.4. The monoisotopic (exact) mass is 483 g/mol. The van der Waals surface area contributed by atoms with Gasteiger partial charge in [0.25, 0.3) is 0 Å². The Morgan fingerprint density at radius 1 is 0.917 bits per heavy atom. The zero-order valence-corrected chi connectivity index (χ0v) is 21.4. The Morgan fingerprint density at radius 2 is 1.61 bits per heavy atom. The van der Waals surface area contributed by atoms with Crippen LogP contribution in [-0.4, -0.2) is 25.0 Å². The Labute approximate surface area is 215 Å². The van der Waals surface area contributed by atoms with Crippen molar-refractivity contribution >= 4 is 11.9 Å². The van der Waals surface area contributed by atoms with Gasteiger partial charge in [0.15, 0.2) is 0 Å². The zero-order chi connectivity index (χ0) is 25.6. The first-order valence-electron chi connectivity index (χ1n) is 12.8. The molecule has 3 aromatic carbocycles. The molecule has 0 saturated carbocycles. The molecular formula is C32H37NO3. The fourth-order valence-corrected chi connectivity index (χ4v) is 4.08. The Balaban J connectivity index is 1.54. The van der Waals surface area contributed by atoms with Crippen LogP contribution in [0.25, 0.3) is 0 Å². The highest BCUT2D eigenvalue weighted by Gasteiger charge is 2.11. The molecule has 1 unspecified atom stereocenters. The number of allylic oxidation sites excluding steroid dienone is 1. The van der Waals surface area contributed by atoms with Crippen molar-refractivity contribution in [2.24, 2.45) is 0 Å². The molecule has 0 aliphatic rings. The number of hydrogen-bond acceptors (Lipinski definition) is 3. The van der Waals surface area contributed by atoms with Gasteiger partial charge in [0.2, 0.25) is 5.91 Å². The van der Waals surface area contributed by atoms with Crippen molar-refractivity contribution in [3.8, 4) is 0 Å². The molecule has 1 atom stereocenters. The molecule has 1 amide bonds. The number of carbonyl (C=O) groups excluding carboxylic acids is 2. The number of carbonyl (C=O) groups is 2. The van der Waals surface area contributed by atoms with Gasteiger partial charge >= 0.3 is 5.97 Å². The maximum atomic E-state index is 12.4. The van der Waals surface area contributed by atoms with Gasteiger partial charge in [-0.25, -0.2) is 4.79 Å². The Morgan fingerprint density at radius 3 is 2.33 bits per heavy atom. The fourth-order valence-electron chi connectivity index (χ4n) is 4.08. The lowest BCUT2D eigenvalue weighted by molar-refractivity contribution is -0.137. The molecular weight excluding hydrogens is 446 g/mol. The van der Waals surface area contributed by atoms with Crippen LogP contribution in [0, 0.1) is 6.92 Å². The minimum Gasteiger partial charge on any atom is -0.463 e. The second kappa shape index (κ2) is 14.7. The van der Waals surface area contributed by atoms with Crippen molar-refractivity contribution in [2.75, 3.05) is 13.2 Å². The highest BCUT2D eigenvalue weighted by molar-refractivity contribution is 5.82. The molecule has 0 fully saturated rings. The van der Waals surface area contributed by atoms with Gasteiger partial charge in [-0.1, -0.05) is 98.3 Å². The standard InChI is InChI=1S/C32H37NO3/c1-3-4-22-36-32(35)19-18-30(29-12-6-5-7-13-29)23-26-14-16-27(17-15-26)24-31(34)33-21-20-28-11-9-8-10-25(28)2/h5-19,30H,3-4,20-24H2,1-2H3,(H,33,34)/b19-18+. The lowest BCUT2D eigenvalue weighted by Crippen LogP contribution is -2.27. The van der Waals surface area contributed by atoms with Gasteiger partial charge in [-0.15, -0.1) is 0 Å². The number of hydrogen-bond donors (Lipinski definition) is 1. The number of amides is 1. The molecule has 3 rings (SSSR count). The molecule has 1 N–H and O–H groups in total. The molecule has 4 heteroatoms. The van der Waals surface area contributed by atoms with Gasteiger partial charge in [0.1, 0.15) is 0 Å². The molecule has 0 aromatic heterocycles. The molecule has 0 bridgehead atoms. The van der Waals surface area contributed by atoms with E-state index in [0.717, 1.165) is 42.4 Å². The van der Waals surface area contributed by atoms with Crippen molar-refractivity contribution in [1.29, 1.82) is 0 Å². The van der Waals surface area contributed by atoms with Crippen LogP contribution in [0.1, 0.15) is 53.5 Å². The van der Waals surface area contributed by atoms with E-state index in [4.69, 9.17) is 4.74 Å². The molecule has 3 aromatic rings. The fraction of sp³-hybridized carbons (Fsp3) is 0.312. The van der Waals surface area contributed by atoms with E-state index in [1.807, 2.05) is 48.5 Å². The summed E-state index contributed by atoms with van der Waals surface area (Å²) >= 11 is 0. The first kappa shape index (κ1) is 26.9. The minimum atomic E-state index is -0.298. The van der Waals surface area contributed by atoms with Gasteiger partial charge in [-0.05, 0) is 54.0 Å². The molecule has 0 saturated heterocycles.